The third-order valence-electron chi connectivity index (χ3n) is 4.63. The van der Waals surface area contributed by atoms with Crippen LogP contribution in [0.3, 0.4) is 0 Å². The average molecular weight is 589 g/mol. The molecule has 0 radical (unpaired) electrons. The van der Waals surface area contributed by atoms with Crippen molar-refractivity contribution in [2.45, 2.75) is 20.0 Å². The molecule has 0 aliphatic heterocycles. The molecule has 0 aromatic heterocycles. The van der Waals surface area contributed by atoms with E-state index in [-0.39, 0.29) is 6.42 Å². The molecule has 0 aliphatic rings. The average Bonchev–Trinajstić information content (AvgIpc) is 2.80. The second-order valence-electron chi connectivity index (χ2n) is 7.31. The molecule has 0 unspecified atom stereocenters. The molecular formula is C25H23Br2N3O4. The number of hydrogen-bond donors (Lipinski definition) is 2. The van der Waals surface area contributed by atoms with E-state index in [1.54, 1.807) is 37.4 Å². The van der Waals surface area contributed by atoms with Crippen molar-refractivity contribution in [3.8, 4) is 11.5 Å². The number of para-hydroxylation sites is 1. The van der Waals surface area contributed by atoms with Crippen LogP contribution in [0, 0.1) is 6.92 Å². The fourth-order valence-electron chi connectivity index (χ4n) is 2.92. The fourth-order valence-corrected chi connectivity index (χ4v) is 3.87. The molecule has 0 fully saturated rings. The minimum absolute atomic E-state index is 0.364. The zero-order valence-electron chi connectivity index (χ0n) is 18.6. The summed E-state index contributed by atoms with van der Waals surface area (Å²) >= 11 is 6.85. The van der Waals surface area contributed by atoms with Crippen molar-refractivity contribution in [3.05, 3.63) is 86.3 Å². The zero-order chi connectivity index (χ0) is 24.5. The van der Waals surface area contributed by atoms with Gasteiger partial charge in [0, 0.05) is 4.47 Å². The molecule has 3 rings (SSSR count). The minimum Gasteiger partial charge on any atom is -0.493 e. The van der Waals surface area contributed by atoms with Gasteiger partial charge in [0.2, 0.25) is 11.8 Å². The van der Waals surface area contributed by atoms with Crippen LogP contribution in [-0.4, -0.2) is 25.1 Å². The molecular weight excluding hydrogens is 566 g/mol. The fraction of sp³-hybridized carbons (Fsp3) is 0.160. The van der Waals surface area contributed by atoms with Crippen LogP contribution in [0.5, 0.6) is 11.5 Å². The summed E-state index contributed by atoms with van der Waals surface area (Å²) in [5.74, 6) is 0.0964. The second kappa shape index (κ2) is 12.3. The van der Waals surface area contributed by atoms with Crippen LogP contribution in [0.25, 0.3) is 0 Å². The quantitative estimate of drug-likeness (QED) is 0.194. The van der Waals surface area contributed by atoms with E-state index in [0.717, 1.165) is 10.0 Å². The standard InChI is InChI=1S/C25H23Br2N3O4/c1-16-7-9-17(10-8-16)15-34-25-20(27)11-18(12-22(25)33-2)14-28-30-24(32)13-23(31)29-21-6-4-3-5-19(21)26/h3-12,14H,13,15H2,1-2H3,(H,29,31)(H,30,32). The smallest absolute Gasteiger partial charge is 0.249 e. The Hall–Kier alpha value is -3.17. The van der Waals surface area contributed by atoms with Crippen LogP contribution in [0.15, 0.2) is 74.7 Å². The van der Waals surface area contributed by atoms with Crippen molar-refractivity contribution in [1.29, 1.82) is 0 Å². The Labute approximate surface area is 214 Å². The topological polar surface area (TPSA) is 89.0 Å². The number of ether oxygens (including phenoxy) is 2. The molecule has 7 nitrogen and oxygen atoms in total. The number of carbonyl (C=O) groups is 2. The van der Waals surface area contributed by atoms with E-state index < -0.39 is 11.8 Å². The number of anilines is 1. The molecule has 0 aliphatic carbocycles. The number of benzene rings is 3. The summed E-state index contributed by atoms with van der Waals surface area (Å²) in [6.07, 6.45) is 1.10. The highest BCUT2D eigenvalue weighted by molar-refractivity contribution is 9.11. The number of aryl methyl sites for hydroxylation is 1. The van der Waals surface area contributed by atoms with Gasteiger partial charge in [0.15, 0.2) is 11.5 Å². The molecule has 3 aromatic rings. The largest absolute Gasteiger partial charge is 0.493 e. The van der Waals surface area contributed by atoms with Crippen molar-refractivity contribution in [3.63, 3.8) is 0 Å². The molecule has 0 heterocycles. The molecule has 0 atom stereocenters. The number of hydrazone groups is 1. The lowest BCUT2D eigenvalue weighted by atomic mass is 10.2. The van der Waals surface area contributed by atoms with Gasteiger partial charge in [0.1, 0.15) is 13.0 Å². The van der Waals surface area contributed by atoms with E-state index in [2.05, 4.69) is 47.7 Å². The van der Waals surface area contributed by atoms with E-state index in [0.29, 0.717) is 33.8 Å². The lowest BCUT2D eigenvalue weighted by Gasteiger charge is -2.13. The summed E-state index contributed by atoms with van der Waals surface area (Å²) in [7, 11) is 1.55. The highest BCUT2D eigenvalue weighted by atomic mass is 79.9. The monoisotopic (exact) mass is 587 g/mol. The highest BCUT2D eigenvalue weighted by Crippen LogP contribution is 2.36. The maximum atomic E-state index is 12.1. The summed E-state index contributed by atoms with van der Waals surface area (Å²) in [5, 5.41) is 6.61. The third kappa shape index (κ3) is 7.43. The number of amides is 2. The van der Waals surface area contributed by atoms with Gasteiger partial charge in [-0.3, -0.25) is 9.59 Å². The zero-order valence-corrected chi connectivity index (χ0v) is 21.8. The summed E-state index contributed by atoms with van der Waals surface area (Å²) in [6, 6.07) is 18.8. The Kier molecular flexibility index (Phi) is 9.24. The van der Waals surface area contributed by atoms with Crippen LogP contribution in [0.2, 0.25) is 0 Å². The number of halogens is 2. The Morgan fingerprint density at radius 2 is 1.74 bits per heavy atom. The predicted molar refractivity (Wildman–Crippen MR) is 139 cm³/mol. The summed E-state index contributed by atoms with van der Waals surface area (Å²) in [4.78, 5) is 24.1. The SMILES string of the molecule is COc1cc(C=NNC(=O)CC(=O)Nc2ccccc2Br)cc(Br)c1OCc1ccc(C)cc1. The van der Waals surface area contributed by atoms with E-state index in [4.69, 9.17) is 9.47 Å². The molecule has 0 saturated carbocycles. The highest BCUT2D eigenvalue weighted by Gasteiger charge is 2.13. The first-order valence-electron chi connectivity index (χ1n) is 10.3. The van der Waals surface area contributed by atoms with Gasteiger partial charge < -0.3 is 14.8 Å². The maximum Gasteiger partial charge on any atom is 0.249 e. The first-order chi connectivity index (χ1) is 16.4. The van der Waals surface area contributed by atoms with E-state index in [1.165, 1.54) is 11.8 Å². The van der Waals surface area contributed by atoms with Crippen molar-refractivity contribution >= 4 is 55.6 Å². The summed E-state index contributed by atoms with van der Waals surface area (Å²) < 4.78 is 12.8. The normalized spacial score (nSPS) is 10.7. The first kappa shape index (κ1) is 25.5. The van der Waals surface area contributed by atoms with Gasteiger partial charge in [0.25, 0.3) is 0 Å². The Bertz CT molecular complexity index is 1200. The van der Waals surface area contributed by atoms with Crippen LogP contribution in [-0.2, 0) is 16.2 Å². The second-order valence-corrected chi connectivity index (χ2v) is 9.02. The van der Waals surface area contributed by atoms with Crippen molar-refractivity contribution < 1.29 is 19.1 Å². The van der Waals surface area contributed by atoms with Gasteiger partial charge in [-0.15, -0.1) is 0 Å². The molecule has 2 amide bonds. The molecule has 0 bridgehead atoms. The van der Waals surface area contributed by atoms with Gasteiger partial charge >= 0.3 is 0 Å². The number of rotatable bonds is 9. The molecule has 2 N–H and O–H groups in total. The number of hydrogen-bond acceptors (Lipinski definition) is 5. The molecule has 0 spiro atoms. The van der Waals surface area contributed by atoms with Crippen LogP contribution in [0.1, 0.15) is 23.1 Å². The lowest BCUT2D eigenvalue weighted by Crippen LogP contribution is -2.24. The van der Waals surface area contributed by atoms with E-state index >= 15 is 0 Å². The predicted octanol–water partition coefficient (Wildman–Crippen LogP) is 5.59. The van der Waals surface area contributed by atoms with Gasteiger partial charge in [-0.2, -0.15) is 5.10 Å². The van der Waals surface area contributed by atoms with Gasteiger partial charge in [-0.05, 0) is 74.2 Å². The van der Waals surface area contributed by atoms with Crippen LogP contribution >= 0.6 is 31.9 Å². The van der Waals surface area contributed by atoms with Crippen LogP contribution < -0.4 is 20.2 Å². The first-order valence-corrected chi connectivity index (χ1v) is 11.9. The number of nitrogens with zero attached hydrogens (tertiary/aromatic N) is 1. The maximum absolute atomic E-state index is 12.1. The lowest BCUT2D eigenvalue weighted by molar-refractivity contribution is -0.126. The van der Waals surface area contributed by atoms with Gasteiger partial charge in [-0.1, -0.05) is 42.0 Å². The third-order valence-corrected chi connectivity index (χ3v) is 5.91. The van der Waals surface area contributed by atoms with Gasteiger partial charge in [-0.25, -0.2) is 5.43 Å². The Morgan fingerprint density at radius 3 is 2.44 bits per heavy atom. The molecule has 9 heteroatoms. The minimum atomic E-state index is -0.537. The Morgan fingerprint density at radius 1 is 1.00 bits per heavy atom. The number of nitrogens with one attached hydrogen (secondary N) is 2. The van der Waals surface area contributed by atoms with Crippen molar-refractivity contribution in [2.24, 2.45) is 5.10 Å². The van der Waals surface area contributed by atoms with Gasteiger partial charge in [0.05, 0.1) is 23.5 Å². The van der Waals surface area contributed by atoms with Crippen molar-refractivity contribution in [1.82, 2.24) is 5.43 Å². The van der Waals surface area contributed by atoms with E-state index in [9.17, 15) is 9.59 Å². The van der Waals surface area contributed by atoms with Crippen LogP contribution in [0.4, 0.5) is 5.69 Å². The Balaban J connectivity index is 1.57. The molecule has 0 saturated heterocycles. The number of methoxy groups -OCH3 is 1. The molecule has 3 aromatic carbocycles. The summed E-state index contributed by atoms with van der Waals surface area (Å²) in [5.41, 5.74) is 5.84. The van der Waals surface area contributed by atoms with Crippen molar-refractivity contribution in [2.75, 3.05) is 12.4 Å². The number of carbonyl (C=O) groups excluding carboxylic acids is 2. The molecule has 176 valence electrons. The van der Waals surface area contributed by atoms with E-state index in [1.807, 2.05) is 37.3 Å². The summed E-state index contributed by atoms with van der Waals surface area (Å²) in [6.45, 7) is 2.42. The molecule has 34 heavy (non-hydrogen) atoms.